The Labute approximate surface area is 237 Å². The van der Waals surface area contributed by atoms with Gasteiger partial charge in [-0.2, -0.15) is 0 Å². The van der Waals surface area contributed by atoms with Crippen LogP contribution in [0.4, 0.5) is 0 Å². The maximum absolute atomic E-state index is 13.9. The highest BCUT2D eigenvalue weighted by Crippen LogP contribution is 2.47. The molecule has 5 aliphatic rings. The zero-order valence-electron chi connectivity index (χ0n) is 24.4. The normalized spacial score (nSPS) is 49.6. The third kappa shape index (κ3) is 5.39. The number of fused-ring (bicyclic) bond motifs is 2. The minimum atomic E-state index is -1.75. The minimum Gasteiger partial charge on any atom is -0.462 e. The lowest BCUT2D eigenvalue weighted by Crippen LogP contribution is -2.58. The number of carbonyl (C=O) groups excluding carboxylic acids is 1. The molecule has 0 saturated carbocycles. The van der Waals surface area contributed by atoms with E-state index in [2.05, 4.69) is 13.8 Å². The number of ether oxygens (including phenoxy) is 4. The van der Waals surface area contributed by atoms with Gasteiger partial charge in [0.05, 0.1) is 24.9 Å². The molecule has 4 heterocycles. The van der Waals surface area contributed by atoms with Crippen molar-refractivity contribution in [2.75, 3.05) is 6.61 Å². The van der Waals surface area contributed by atoms with E-state index in [4.69, 9.17) is 18.9 Å². The second-order valence-corrected chi connectivity index (χ2v) is 12.7. The van der Waals surface area contributed by atoms with Gasteiger partial charge in [0.2, 0.25) is 0 Å². The molecule has 8 nitrogen and oxygen atoms in total. The molecule has 8 heteroatoms. The van der Waals surface area contributed by atoms with E-state index in [0.29, 0.717) is 42.7 Å². The molecule has 0 aromatic rings. The van der Waals surface area contributed by atoms with Crippen molar-refractivity contribution in [3.05, 3.63) is 47.1 Å². The topological polar surface area (TPSA) is 115 Å². The van der Waals surface area contributed by atoms with Crippen molar-refractivity contribution in [3.63, 3.8) is 0 Å². The van der Waals surface area contributed by atoms with Gasteiger partial charge < -0.3 is 34.3 Å². The molecule has 0 aromatic heterocycles. The first kappa shape index (κ1) is 29.7. The third-order valence-corrected chi connectivity index (χ3v) is 9.77. The summed E-state index contributed by atoms with van der Waals surface area (Å²) in [5.41, 5.74) is 0.159. The van der Waals surface area contributed by atoms with Gasteiger partial charge >= 0.3 is 5.97 Å². The molecule has 1 aliphatic carbocycles. The fourth-order valence-electron chi connectivity index (χ4n) is 7.18. The van der Waals surface area contributed by atoms with Crippen LogP contribution in [0.25, 0.3) is 0 Å². The van der Waals surface area contributed by atoms with Crippen molar-refractivity contribution >= 4 is 5.97 Å². The largest absolute Gasteiger partial charge is 0.462 e. The van der Waals surface area contributed by atoms with Gasteiger partial charge in [-0.3, -0.25) is 4.79 Å². The summed E-state index contributed by atoms with van der Waals surface area (Å²) in [5.74, 6) is -2.20. The quantitative estimate of drug-likeness (QED) is 0.328. The summed E-state index contributed by atoms with van der Waals surface area (Å²) in [6.45, 7) is 9.98. The smallest absolute Gasteiger partial charge is 0.316 e. The molecular formula is C32H46O8. The molecule has 0 aromatic carbocycles. The summed E-state index contributed by atoms with van der Waals surface area (Å²) < 4.78 is 25.3. The highest BCUT2D eigenvalue weighted by atomic mass is 16.7. The Kier molecular flexibility index (Phi) is 8.50. The summed E-state index contributed by atoms with van der Waals surface area (Å²) in [6.07, 6.45) is 9.65. The van der Waals surface area contributed by atoms with Crippen molar-refractivity contribution < 1.29 is 39.1 Å². The van der Waals surface area contributed by atoms with Crippen LogP contribution in [0.3, 0.4) is 0 Å². The SMILES string of the molecule is CC[C@H]1O[C@]2(CC[C@@H]1C)C[C@@H]1C[C@@H](C/C=C(/C)[C@H](O)[C@@H](C)/C=C\C=C3\CO[C@@H]4[C@H](O)C(C)=C[C@@H](C(=O)O1)[C@]34O)O2. The highest BCUT2D eigenvalue weighted by molar-refractivity contribution is 5.78. The predicted molar refractivity (Wildman–Crippen MR) is 149 cm³/mol. The standard InChI is InChI=1S/C32H46O8/c1-6-26-18(2)12-13-31(40-26)16-24-15-23(39-31)11-10-20(4)27(33)19(3)8-7-9-22-17-37-29-28(34)21(5)14-25(30(35)38-24)32(22,29)36/h7-10,14,18-19,23-29,33-34,36H,6,11-13,15-17H2,1-5H3/b8-7-,20-10-,22-9-/t18-,19-,23+,24-,25-,26+,27+,28+,29+,31+,32+/m0/s1. The van der Waals surface area contributed by atoms with Crippen LogP contribution in [0, 0.1) is 17.8 Å². The van der Waals surface area contributed by atoms with Crippen LogP contribution in [0.1, 0.15) is 73.1 Å². The molecule has 2 bridgehead atoms. The number of aliphatic hydroxyl groups is 3. The van der Waals surface area contributed by atoms with Crippen molar-refractivity contribution in [1.82, 2.24) is 0 Å². The first-order chi connectivity index (χ1) is 19.0. The summed E-state index contributed by atoms with van der Waals surface area (Å²) in [4.78, 5) is 13.9. The molecule has 11 atom stereocenters. The second kappa shape index (κ2) is 11.5. The molecule has 0 radical (unpaired) electrons. The zero-order valence-corrected chi connectivity index (χ0v) is 24.4. The molecule has 0 amide bonds. The first-order valence-corrected chi connectivity index (χ1v) is 15.0. The molecular weight excluding hydrogens is 512 g/mol. The maximum Gasteiger partial charge on any atom is 0.316 e. The van der Waals surface area contributed by atoms with Gasteiger partial charge in [-0.05, 0) is 55.7 Å². The van der Waals surface area contributed by atoms with E-state index in [-0.39, 0.29) is 24.7 Å². The van der Waals surface area contributed by atoms with Crippen molar-refractivity contribution in [2.45, 2.75) is 121 Å². The Morgan fingerprint density at radius 1 is 1.07 bits per heavy atom. The number of aliphatic hydroxyl groups excluding tert-OH is 2. The number of allylic oxidation sites excluding steroid dienone is 2. The molecule has 3 saturated heterocycles. The fraction of sp³-hybridized carbons (Fsp3) is 0.719. The van der Waals surface area contributed by atoms with Gasteiger partial charge in [0, 0.05) is 25.2 Å². The van der Waals surface area contributed by atoms with Crippen LogP contribution in [0.15, 0.2) is 47.1 Å². The number of carbonyl (C=O) groups is 1. The van der Waals surface area contributed by atoms with E-state index < -0.39 is 47.7 Å². The molecule has 3 N–H and O–H groups in total. The lowest BCUT2D eigenvalue weighted by molar-refractivity contribution is -0.335. The average Bonchev–Trinajstić information content (AvgIpc) is 3.26. The van der Waals surface area contributed by atoms with Gasteiger partial charge in [-0.1, -0.05) is 51.2 Å². The van der Waals surface area contributed by atoms with E-state index in [1.54, 1.807) is 25.2 Å². The average molecular weight is 559 g/mol. The van der Waals surface area contributed by atoms with Crippen molar-refractivity contribution in [2.24, 2.45) is 17.8 Å². The van der Waals surface area contributed by atoms with E-state index >= 15 is 0 Å². The minimum absolute atomic E-state index is 0.0589. The van der Waals surface area contributed by atoms with Gasteiger partial charge in [-0.25, -0.2) is 0 Å². The maximum atomic E-state index is 13.9. The number of rotatable bonds is 1. The number of hydrogen-bond donors (Lipinski definition) is 3. The Hall–Kier alpha value is -1.81. The first-order valence-electron chi connectivity index (χ1n) is 15.0. The monoisotopic (exact) mass is 558 g/mol. The molecule has 1 spiro atoms. The van der Waals surface area contributed by atoms with E-state index in [1.807, 2.05) is 26.0 Å². The number of esters is 1. The lowest BCUT2D eigenvalue weighted by Gasteiger charge is -2.50. The summed E-state index contributed by atoms with van der Waals surface area (Å²) in [5, 5.41) is 33.9. The van der Waals surface area contributed by atoms with Crippen molar-refractivity contribution in [3.8, 4) is 0 Å². The molecule has 222 valence electrons. The van der Waals surface area contributed by atoms with Crippen LogP contribution in [-0.2, 0) is 23.7 Å². The van der Waals surface area contributed by atoms with Gasteiger partial charge in [-0.15, -0.1) is 0 Å². The van der Waals surface area contributed by atoms with Crippen LogP contribution in [0.5, 0.6) is 0 Å². The summed E-state index contributed by atoms with van der Waals surface area (Å²) in [7, 11) is 0. The third-order valence-electron chi connectivity index (χ3n) is 9.77. The van der Waals surface area contributed by atoms with Crippen LogP contribution >= 0.6 is 0 Å². The molecule has 40 heavy (non-hydrogen) atoms. The summed E-state index contributed by atoms with van der Waals surface area (Å²) in [6, 6.07) is 0. The number of hydrogen-bond acceptors (Lipinski definition) is 8. The predicted octanol–water partition coefficient (Wildman–Crippen LogP) is 3.90. The van der Waals surface area contributed by atoms with Crippen LogP contribution in [0.2, 0.25) is 0 Å². The highest BCUT2D eigenvalue weighted by Gasteiger charge is 2.60. The van der Waals surface area contributed by atoms with Gasteiger partial charge in [0.15, 0.2) is 5.79 Å². The van der Waals surface area contributed by atoms with E-state index in [1.165, 1.54) is 0 Å². The Morgan fingerprint density at radius 3 is 2.60 bits per heavy atom. The molecule has 0 unspecified atom stereocenters. The van der Waals surface area contributed by atoms with Crippen LogP contribution < -0.4 is 0 Å². The Balaban J connectivity index is 1.53. The van der Waals surface area contributed by atoms with Gasteiger partial charge in [0.25, 0.3) is 0 Å². The Morgan fingerprint density at radius 2 is 1.85 bits per heavy atom. The lowest BCUT2D eigenvalue weighted by atomic mass is 9.71. The molecule has 4 aliphatic heterocycles. The fourth-order valence-corrected chi connectivity index (χ4v) is 7.18. The Bertz CT molecular complexity index is 1090. The van der Waals surface area contributed by atoms with E-state index in [9.17, 15) is 20.1 Å². The zero-order chi connectivity index (χ0) is 28.8. The second-order valence-electron chi connectivity index (χ2n) is 12.7. The summed E-state index contributed by atoms with van der Waals surface area (Å²) >= 11 is 0. The van der Waals surface area contributed by atoms with Crippen molar-refractivity contribution in [1.29, 1.82) is 0 Å². The van der Waals surface area contributed by atoms with E-state index in [0.717, 1.165) is 18.4 Å². The molecule has 3 fully saturated rings. The molecule has 5 rings (SSSR count). The van der Waals surface area contributed by atoms with Gasteiger partial charge in [0.1, 0.15) is 29.8 Å². The van der Waals surface area contributed by atoms with Crippen LogP contribution in [-0.4, -0.2) is 75.9 Å².